The number of carbonyl (C=O) groups excluding carboxylic acids is 1. The van der Waals surface area contributed by atoms with E-state index in [1.807, 2.05) is 24.3 Å². The molecule has 0 unspecified atom stereocenters. The number of hydrogen-bond donors (Lipinski definition) is 1. The first-order valence-electron chi connectivity index (χ1n) is 12.1. The number of alkyl halides is 2. The van der Waals surface area contributed by atoms with Crippen molar-refractivity contribution in [2.75, 3.05) is 13.1 Å². The fourth-order valence-electron chi connectivity index (χ4n) is 4.76. The molecule has 5 nitrogen and oxygen atoms in total. The summed E-state index contributed by atoms with van der Waals surface area (Å²) < 4.78 is 27.5. The summed E-state index contributed by atoms with van der Waals surface area (Å²) in [6.07, 6.45) is 7.20. The third kappa shape index (κ3) is 5.18. The highest BCUT2D eigenvalue weighted by atomic mass is 35.5. The number of halogens is 3. The monoisotopic (exact) mass is 509 g/mol. The lowest BCUT2D eigenvalue weighted by Crippen LogP contribution is -2.40. The lowest BCUT2D eigenvalue weighted by atomic mass is 9.89. The Labute approximate surface area is 213 Å². The first-order valence-corrected chi connectivity index (χ1v) is 12.4. The summed E-state index contributed by atoms with van der Waals surface area (Å²) in [5.41, 5.74) is 5.15. The molecule has 36 heavy (non-hydrogen) atoms. The minimum atomic E-state index is -2.68. The summed E-state index contributed by atoms with van der Waals surface area (Å²) in [5, 5.41) is 10.1. The second-order valence-corrected chi connectivity index (χ2v) is 9.77. The first-order chi connectivity index (χ1) is 17.3. The molecule has 0 saturated carbocycles. The quantitative estimate of drug-likeness (QED) is 0.450. The Bertz CT molecular complexity index is 1310. The van der Waals surface area contributed by atoms with Gasteiger partial charge in [-0.3, -0.25) is 14.8 Å². The fourth-order valence-corrected chi connectivity index (χ4v) is 5.05. The number of pyridine rings is 2. The van der Waals surface area contributed by atoms with Gasteiger partial charge in [-0.05, 0) is 60.7 Å². The lowest BCUT2D eigenvalue weighted by Gasteiger charge is -2.29. The van der Waals surface area contributed by atoms with Gasteiger partial charge < -0.3 is 10.0 Å². The molecule has 0 radical (unpaired) electrons. The van der Waals surface area contributed by atoms with Crippen molar-refractivity contribution < 1.29 is 18.7 Å². The second-order valence-electron chi connectivity index (χ2n) is 9.36. The average molecular weight is 510 g/mol. The number of allylic oxidation sites excluding steroid dienone is 2. The van der Waals surface area contributed by atoms with Crippen molar-refractivity contribution in [3.05, 3.63) is 77.3 Å². The highest BCUT2D eigenvalue weighted by Gasteiger charge is 2.32. The van der Waals surface area contributed by atoms with Crippen LogP contribution in [0.5, 0.6) is 0 Å². The van der Waals surface area contributed by atoms with Gasteiger partial charge in [-0.2, -0.15) is 0 Å². The predicted octanol–water partition coefficient (Wildman–Crippen LogP) is 6.26. The molecule has 8 heteroatoms. The van der Waals surface area contributed by atoms with Crippen LogP contribution in [0.15, 0.2) is 61.1 Å². The largest absolute Gasteiger partial charge is 0.393 e. The zero-order valence-corrected chi connectivity index (χ0v) is 20.4. The van der Waals surface area contributed by atoms with E-state index in [-0.39, 0.29) is 31.3 Å². The molecule has 0 bridgehead atoms. The van der Waals surface area contributed by atoms with E-state index in [1.165, 1.54) is 0 Å². The number of aliphatic hydroxyl groups is 1. The van der Waals surface area contributed by atoms with Crippen LogP contribution in [0.1, 0.15) is 48.2 Å². The topological polar surface area (TPSA) is 66.3 Å². The molecule has 1 amide bonds. The number of benzene rings is 1. The molecule has 3 heterocycles. The normalized spacial score (nSPS) is 18.1. The van der Waals surface area contributed by atoms with Gasteiger partial charge >= 0.3 is 0 Å². The Hall–Kier alpha value is -3.16. The van der Waals surface area contributed by atoms with E-state index in [1.54, 1.807) is 41.7 Å². The number of hydrogen-bond acceptors (Lipinski definition) is 4. The summed E-state index contributed by atoms with van der Waals surface area (Å²) >= 11 is 6.65. The summed E-state index contributed by atoms with van der Waals surface area (Å²) in [5.74, 6) is -2.79. The van der Waals surface area contributed by atoms with Gasteiger partial charge in [0.1, 0.15) is 0 Å². The maximum Gasteiger partial charge on any atom is 0.253 e. The molecule has 0 spiro atoms. The van der Waals surface area contributed by atoms with Gasteiger partial charge in [-0.1, -0.05) is 23.7 Å². The van der Waals surface area contributed by atoms with Crippen molar-refractivity contribution in [3.63, 3.8) is 0 Å². The molecular formula is C28H26ClF2N3O2. The minimum Gasteiger partial charge on any atom is -0.393 e. The number of amides is 1. The van der Waals surface area contributed by atoms with Crippen LogP contribution in [0.4, 0.5) is 8.78 Å². The van der Waals surface area contributed by atoms with Crippen LogP contribution in [0.3, 0.4) is 0 Å². The maximum atomic E-state index is 13.7. The number of carbonyl (C=O) groups is 1. The molecule has 2 aliphatic rings. The Kier molecular flexibility index (Phi) is 6.86. The molecule has 1 aromatic carbocycles. The van der Waals surface area contributed by atoms with Crippen molar-refractivity contribution in [2.24, 2.45) is 0 Å². The number of rotatable bonds is 4. The standard InChI is InChI=1S/C28H26ClF2N3O2/c29-25-16-20(27(36)34-13-7-22(35)8-14-34)1-2-23(25)21-15-24(18-5-11-32-12-6-18)26(33-17-21)19-3-9-28(30,31)10-4-19/h1-3,5-6,11-12,15-17,22,35H,4,7-10,13-14H2. The molecule has 3 aromatic rings. The van der Waals surface area contributed by atoms with Crippen LogP contribution in [0.2, 0.25) is 5.02 Å². The number of aromatic nitrogens is 2. The third-order valence-electron chi connectivity index (χ3n) is 6.87. The zero-order chi connectivity index (χ0) is 25.3. The molecule has 1 saturated heterocycles. The average Bonchev–Trinajstić information content (AvgIpc) is 2.89. The van der Waals surface area contributed by atoms with E-state index in [4.69, 9.17) is 16.6 Å². The van der Waals surface area contributed by atoms with Crippen LogP contribution in [0.25, 0.3) is 27.8 Å². The van der Waals surface area contributed by atoms with Crippen molar-refractivity contribution in [2.45, 2.75) is 44.1 Å². The van der Waals surface area contributed by atoms with Gasteiger partial charge in [-0.15, -0.1) is 0 Å². The number of piperidine rings is 1. The zero-order valence-electron chi connectivity index (χ0n) is 19.6. The SMILES string of the molecule is O=C(c1ccc(-c2cnc(C3=CCC(F)(F)CC3)c(-c3ccncc3)c2)c(Cl)c1)N1CCC(O)CC1. The van der Waals surface area contributed by atoms with Gasteiger partial charge in [-0.25, -0.2) is 8.78 Å². The van der Waals surface area contributed by atoms with Crippen molar-refractivity contribution in [1.29, 1.82) is 0 Å². The predicted molar refractivity (Wildman–Crippen MR) is 136 cm³/mol. The van der Waals surface area contributed by atoms with Crippen LogP contribution in [-0.4, -0.2) is 51.0 Å². The van der Waals surface area contributed by atoms with Gasteiger partial charge in [0.15, 0.2) is 0 Å². The molecule has 186 valence electrons. The van der Waals surface area contributed by atoms with E-state index >= 15 is 0 Å². The van der Waals surface area contributed by atoms with Gasteiger partial charge in [0.25, 0.3) is 11.8 Å². The summed E-state index contributed by atoms with van der Waals surface area (Å²) in [6, 6.07) is 10.9. The van der Waals surface area contributed by atoms with Gasteiger partial charge in [0.2, 0.25) is 0 Å². The summed E-state index contributed by atoms with van der Waals surface area (Å²) in [7, 11) is 0. The second kappa shape index (κ2) is 10.1. The number of aliphatic hydroxyl groups excluding tert-OH is 1. The van der Waals surface area contributed by atoms with Crippen LogP contribution in [0, 0.1) is 0 Å². The molecule has 1 aliphatic heterocycles. The highest BCUT2D eigenvalue weighted by Crippen LogP contribution is 2.40. The van der Waals surface area contributed by atoms with Crippen molar-refractivity contribution >= 4 is 23.1 Å². The van der Waals surface area contributed by atoms with Crippen LogP contribution < -0.4 is 0 Å². The Balaban J connectivity index is 1.49. The molecule has 0 atom stereocenters. The van der Waals surface area contributed by atoms with E-state index < -0.39 is 5.92 Å². The van der Waals surface area contributed by atoms with Gasteiger partial charge in [0, 0.05) is 71.8 Å². The Morgan fingerprint density at radius 3 is 2.47 bits per heavy atom. The van der Waals surface area contributed by atoms with E-state index in [0.29, 0.717) is 42.2 Å². The third-order valence-corrected chi connectivity index (χ3v) is 7.18. The molecule has 5 rings (SSSR count). The van der Waals surface area contributed by atoms with Crippen LogP contribution in [-0.2, 0) is 0 Å². The van der Waals surface area contributed by atoms with E-state index in [2.05, 4.69) is 4.98 Å². The number of likely N-dealkylation sites (tertiary alicyclic amines) is 1. The smallest absolute Gasteiger partial charge is 0.253 e. The van der Waals surface area contributed by atoms with Gasteiger partial charge in [0.05, 0.1) is 11.8 Å². The van der Waals surface area contributed by atoms with E-state index in [9.17, 15) is 18.7 Å². The molecule has 1 fully saturated rings. The molecule has 2 aromatic heterocycles. The lowest BCUT2D eigenvalue weighted by molar-refractivity contribution is -0.00606. The Morgan fingerprint density at radius 1 is 1.06 bits per heavy atom. The highest BCUT2D eigenvalue weighted by molar-refractivity contribution is 6.33. The van der Waals surface area contributed by atoms with Crippen molar-refractivity contribution in [1.82, 2.24) is 14.9 Å². The fraction of sp³-hybridized carbons (Fsp3) is 0.321. The Morgan fingerprint density at radius 2 is 1.81 bits per heavy atom. The van der Waals surface area contributed by atoms with Crippen LogP contribution >= 0.6 is 11.6 Å². The molecular weight excluding hydrogens is 484 g/mol. The molecule has 1 N–H and O–H groups in total. The summed E-state index contributed by atoms with van der Waals surface area (Å²) in [6.45, 7) is 1.03. The first kappa shape index (κ1) is 24.5. The maximum absolute atomic E-state index is 13.7. The minimum absolute atomic E-state index is 0.109. The summed E-state index contributed by atoms with van der Waals surface area (Å²) in [4.78, 5) is 23.4. The van der Waals surface area contributed by atoms with E-state index in [0.717, 1.165) is 27.8 Å². The van der Waals surface area contributed by atoms with Crippen molar-refractivity contribution in [3.8, 4) is 22.3 Å². The molecule has 1 aliphatic carbocycles. The number of nitrogens with zero attached hydrogens (tertiary/aromatic N) is 3.